The van der Waals surface area contributed by atoms with Crippen molar-refractivity contribution in [1.82, 2.24) is 15.2 Å². The van der Waals surface area contributed by atoms with Crippen LogP contribution >= 0.6 is 11.3 Å². The molecule has 0 aliphatic rings. The van der Waals surface area contributed by atoms with E-state index < -0.39 is 41.5 Å². The summed E-state index contributed by atoms with van der Waals surface area (Å²) < 4.78 is 20.4. The molecule has 3 amide bonds. The number of anilines is 2. The predicted molar refractivity (Wildman–Crippen MR) is 177 cm³/mol. The van der Waals surface area contributed by atoms with Crippen LogP contribution in [0.15, 0.2) is 72.8 Å². The van der Waals surface area contributed by atoms with E-state index in [1.807, 2.05) is 30.3 Å². The molecule has 0 saturated carbocycles. The minimum Gasteiger partial charge on any atom is -0.439 e. The number of hydrogen-bond acceptors (Lipinski definition) is 9. The lowest BCUT2D eigenvalue weighted by atomic mass is 9.96. The van der Waals surface area contributed by atoms with E-state index in [1.54, 1.807) is 58.0 Å². The van der Waals surface area contributed by atoms with Gasteiger partial charge >= 0.3 is 6.09 Å². The Hall–Kier alpha value is -4.85. The Morgan fingerprint density at radius 3 is 2.34 bits per heavy atom. The van der Waals surface area contributed by atoms with Crippen LogP contribution in [0.5, 0.6) is 0 Å². The molecule has 0 aliphatic heterocycles. The summed E-state index contributed by atoms with van der Waals surface area (Å²) in [6.45, 7) is 5.85. The normalized spacial score (nSPS) is 11.6. The fourth-order valence-electron chi connectivity index (χ4n) is 4.42. The second kappa shape index (κ2) is 14.7. The van der Waals surface area contributed by atoms with Gasteiger partial charge in [0.2, 0.25) is 0 Å². The van der Waals surface area contributed by atoms with E-state index >= 15 is 4.39 Å². The second-order valence-electron chi connectivity index (χ2n) is 12.1. The number of carbonyl (C=O) groups excluding carboxylic acids is 3. The molecule has 0 aliphatic carbocycles. The highest BCUT2D eigenvalue weighted by Gasteiger charge is 2.23. The van der Waals surface area contributed by atoms with Crippen molar-refractivity contribution in [1.29, 1.82) is 0 Å². The van der Waals surface area contributed by atoms with Gasteiger partial charge in [0.15, 0.2) is 6.61 Å². The fourth-order valence-corrected chi connectivity index (χ4v) is 5.51. The van der Waals surface area contributed by atoms with E-state index in [0.717, 1.165) is 16.9 Å². The first-order valence-corrected chi connectivity index (χ1v) is 15.5. The summed E-state index contributed by atoms with van der Waals surface area (Å²) in [5.41, 5.74) is 5.39. The highest BCUT2D eigenvalue weighted by Crippen LogP contribution is 2.38. The number of carbonyl (C=O) groups is 3. The molecule has 0 saturated heterocycles. The van der Waals surface area contributed by atoms with Crippen LogP contribution in [0.3, 0.4) is 0 Å². The number of ether oxygens (including phenoxy) is 1. The second-order valence-corrected chi connectivity index (χ2v) is 13.1. The Bertz CT molecular complexity index is 1730. The van der Waals surface area contributed by atoms with Gasteiger partial charge < -0.3 is 31.3 Å². The van der Waals surface area contributed by atoms with Crippen molar-refractivity contribution in [3.8, 4) is 10.4 Å². The maximum Gasteiger partial charge on any atom is 0.410 e. The predicted octanol–water partition coefficient (Wildman–Crippen LogP) is 5.05. The van der Waals surface area contributed by atoms with E-state index in [4.69, 9.17) is 10.5 Å². The van der Waals surface area contributed by atoms with Crippen molar-refractivity contribution < 1.29 is 33.7 Å². The number of aromatic nitrogens is 1. The lowest BCUT2D eigenvalue weighted by Crippen LogP contribution is -2.41. The first-order chi connectivity index (χ1) is 22.1. The quantitative estimate of drug-likeness (QED) is 0.133. The monoisotopic (exact) mass is 663 g/mol. The Morgan fingerprint density at radius 2 is 1.70 bits per heavy atom. The van der Waals surface area contributed by atoms with Crippen LogP contribution in [-0.4, -0.2) is 56.8 Å². The zero-order chi connectivity index (χ0) is 34.4. The summed E-state index contributed by atoms with van der Waals surface area (Å²) >= 11 is 1.11. The number of nitrogens with one attached hydrogen (secondary N) is 2. The number of rotatable bonds is 13. The van der Waals surface area contributed by atoms with E-state index in [2.05, 4.69) is 15.6 Å². The Morgan fingerprint density at radius 1 is 0.979 bits per heavy atom. The molecule has 2 heterocycles. The number of nitrogens with zero attached hydrogens (tertiary/aromatic N) is 2. The molecule has 47 heavy (non-hydrogen) atoms. The van der Waals surface area contributed by atoms with Gasteiger partial charge in [-0.2, -0.15) is 0 Å². The minimum atomic E-state index is -1.23. The molecule has 0 atom stereocenters. The fraction of sp³-hybridized carbons (Fsp3) is 0.294. The molecule has 2 aromatic carbocycles. The SMILES string of the molecule is CC(C)(O)CNC(=O)COC(=O)N(Cc1ccccc1)Cc1cccc(Nc2sc(-c3ccc(C(C)(C)O)cc3F)cc2C(N)=O)n1. The zero-order valence-corrected chi connectivity index (χ0v) is 27.4. The molecule has 0 radical (unpaired) electrons. The van der Waals surface area contributed by atoms with E-state index in [-0.39, 0.29) is 30.8 Å². The molecule has 248 valence electrons. The van der Waals surface area contributed by atoms with E-state index in [0.29, 0.717) is 27.0 Å². The highest BCUT2D eigenvalue weighted by molar-refractivity contribution is 7.20. The first kappa shape index (κ1) is 35.0. The summed E-state index contributed by atoms with van der Waals surface area (Å²) in [5.74, 6) is -1.50. The average Bonchev–Trinajstić information content (AvgIpc) is 3.42. The number of nitrogens with two attached hydrogens (primary N) is 1. The Balaban J connectivity index is 1.53. The topological polar surface area (TPSA) is 167 Å². The van der Waals surface area contributed by atoms with Gasteiger partial charge in [-0.05, 0) is 63.1 Å². The molecule has 0 fully saturated rings. The summed E-state index contributed by atoms with van der Waals surface area (Å²) in [5, 5.41) is 26.0. The summed E-state index contributed by atoms with van der Waals surface area (Å²) in [6.07, 6.45) is -0.746. The van der Waals surface area contributed by atoms with Crippen LogP contribution < -0.4 is 16.4 Å². The van der Waals surface area contributed by atoms with Gasteiger partial charge in [0.05, 0.1) is 29.0 Å². The van der Waals surface area contributed by atoms with Crippen LogP contribution in [0, 0.1) is 5.82 Å². The molecule has 4 rings (SSSR count). The van der Waals surface area contributed by atoms with Crippen molar-refractivity contribution in [3.05, 3.63) is 101 Å². The molecule has 4 aromatic rings. The van der Waals surface area contributed by atoms with Gasteiger partial charge in [-0.25, -0.2) is 14.2 Å². The lowest BCUT2D eigenvalue weighted by molar-refractivity contribution is -0.125. The average molecular weight is 664 g/mol. The standard InChI is InChI=1S/C34H38FN5O6S/c1-33(2,44)20-37-29(41)19-46-32(43)40(17-21-9-6-5-7-10-21)18-23-11-8-12-28(38-23)39-31-25(30(36)42)16-27(47-31)24-14-13-22(15-26(24)35)34(3,4)45/h5-16,44-45H,17-20H2,1-4H3,(H2,36,42)(H,37,41)(H,38,39). The number of amides is 3. The zero-order valence-electron chi connectivity index (χ0n) is 26.5. The van der Waals surface area contributed by atoms with Crippen molar-refractivity contribution in [2.45, 2.75) is 52.0 Å². The van der Waals surface area contributed by atoms with Crippen molar-refractivity contribution in [2.75, 3.05) is 18.5 Å². The Labute approximate surface area is 276 Å². The summed E-state index contributed by atoms with van der Waals surface area (Å²) in [7, 11) is 0. The highest BCUT2D eigenvalue weighted by atomic mass is 32.1. The number of hydrogen-bond donors (Lipinski definition) is 5. The largest absolute Gasteiger partial charge is 0.439 e. The molecule has 0 bridgehead atoms. The molecule has 0 spiro atoms. The summed E-state index contributed by atoms with van der Waals surface area (Å²) in [4.78, 5) is 44.1. The van der Waals surface area contributed by atoms with Gasteiger partial charge in [0.25, 0.3) is 11.8 Å². The number of aliphatic hydroxyl groups is 2. The van der Waals surface area contributed by atoms with Gasteiger partial charge in [0, 0.05) is 23.5 Å². The van der Waals surface area contributed by atoms with Crippen LogP contribution in [0.25, 0.3) is 10.4 Å². The third-order valence-corrected chi connectivity index (χ3v) is 7.94. The van der Waals surface area contributed by atoms with Crippen LogP contribution in [0.1, 0.15) is 54.9 Å². The van der Waals surface area contributed by atoms with Crippen LogP contribution in [-0.2, 0) is 28.2 Å². The van der Waals surface area contributed by atoms with E-state index in [9.17, 15) is 24.6 Å². The van der Waals surface area contributed by atoms with Gasteiger partial charge in [-0.15, -0.1) is 11.3 Å². The number of thiophene rings is 1. The molecular weight excluding hydrogens is 625 g/mol. The van der Waals surface area contributed by atoms with Crippen LogP contribution in [0.2, 0.25) is 0 Å². The van der Waals surface area contributed by atoms with Gasteiger partial charge in [-0.1, -0.05) is 48.5 Å². The smallest absolute Gasteiger partial charge is 0.410 e. The Kier molecular flexibility index (Phi) is 11.0. The van der Waals surface area contributed by atoms with Crippen molar-refractivity contribution >= 4 is 40.1 Å². The molecular formula is C34H38FN5O6S. The molecule has 13 heteroatoms. The molecule has 0 unspecified atom stereocenters. The van der Waals surface area contributed by atoms with Crippen molar-refractivity contribution in [3.63, 3.8) is 0 Å². The summed E-state index contributed by atoms with van der Waals surface area (Å²) in [6, 6.07) is 20.2. The molecule has 6 N–H and O–H groups in total. The molecule has 11 nitrogen and oxygen atoms in total. The maximum absolute atomic E-state index is 15.1. The molecule has 2 aromatic heterocycles. The van der Waals surface area contributed by atoms with Gasteiger partial charge in [-0.3, -0.25) is 14.5 Å². The van der Waals surface area contributed by atoms with Crippen LogP contribution in [0.4, 0.5) is 20.0 Å². The minimum absolute atomic E-state index is 0.00664. The number of pyridine rings is 1. The van der Waals surface area contributed by atoms with Crippen molar-refractivity contribution in [2.24, 2.45) is 5.73 Å². The first-order valence-electron chi connectivity index (χ1n) is 14.7. The van der Waals surface area contributed by atoms with E-state index in [1.165, 1.54) is 17.0 Å². The third-order valence-electron chi connectivity index (χ3n) is 6.86. The number of primary amides is 1. The number of benzene rings is 2. The maximum atomic E-state index is 15.1. The lowest BCUT2D eigenvalue weighted by Gasteiger charge is -2.22. The number of halogens is 1. The third kappa shape index (κ3) is 10.1. The van der Waals surface area contributed by atoms with Gasteiger partial charge in [0.1, 0.15) is 16.6 Å².